The molecule has 0 unspecified atom stereocenters. The molecule has 0 atom stereocenters. The van der Waals surface area contributed by atoms with Crippen LogP contribution in [0.2, 0.25) is 0 Å². The van der Waals surface area contributed by atoms with E-state index in [2.05, 4.69) is 15.4 Å². The Morgan fingerprint density at radius 3 is 2.57 bits per heavy atom. The van der Waals surface area contributed by atoms with Crippen LogP contribution in [-0.2, 0) is 6.42 Å². The summed E-state index contributed by atoms with van der Waals surface area (Å²) in [6.07, 6.45) is 1.65. The van der Waals surface area contributed by atoms with Crippen molar-refractivity contribution in [3.8, 4) is 11.6 Å². The Bertz CT molecular complexity index is 628. The zero-order chi connectivity index (χ0) is 15.2. The molecule has 0 aliphatic rings. The van der Waals surface area contributed by atoms with E-state index in [1.165, 1.54) is 0 Å². The van der Waals surface area contributed by atoms with Gasteiger partial charge in [-0.1, -0.05) is 6.92 Å². The summed E-state index contributed by atoms with van der Waals surface area (Å²) < 4.78 is 5.64. The fourth-order valence-corrected chi connectivity index (χ4v) is 1.74. The van der Waals surface area contributed by atoms with E-state index in [1.807, 2.05) is 6.92 Å². The Labute approximate surface area is 122 Å². The molecule has 7 heteroatoms. The van der Waals surface area contributed by atoms with Crippen LogP contribution in [0.4, 0.5) is 5.82 Å². The lowest BCUT2D eigenvalue weighted by molar-refractivity contribution is 0.100. The van der Waals surface area contributed by atoms with Crippen molar-refractivity contribution in [3.63, 3.8) is 0 Å². The van der Waals surface area contributed by atoms with Crippen molar-refractivity contribution >= 4 is 11.7 Å². The van der Waals surface area contributed by atoms with Crippen molar-refractivity contribution in [3.05, 3.63) is 41.7 Å². The van der Waals surface area contributed by atoms with Crippen molar-refractivity contribution in [2.24, 2.45) is 11.6 Å². The maximum atomic E-state index is 11.0. The quantitative estimate of drug-likeness (QED) is 0.549. The maximum absolute atomic E-state index is 11.0. The zero-order valence-electron chi connectivity index (χ0n) is 11.7. The van der Waals surface area contributed by atoms with Gasteiger partial charge in [-0.15, -0.1) is 0 Å². The van der Waals surface area contributed by atoms with E-state index in [1.54, 1.807) is 30.3 Å². The average molecular weight is 287 g/mol. The predicted octanol–water partition coefficient (Wildman–Crippen LogP) is 1.61. The van der Waals surface area contributed by atoms with Gasteiger partial charge in [0.1, 0.15) is 17.4 Å². The zero-order valence-corrected chi connectivity index (χ0v) is 11.7. The van der Waals surface area contributed by atoms with Crippen molar-refractivity contribution in [1.29, 1.82) is 0 Å². The summed E-state index contributed by atoms with van der Waals surface area (Å²) in [5.74, 6) is 6.96. The minimum absolute atomic E-state index is 0.383. The van der Waals surface area contributed by atoms with Crippen LogP contribution < -0.4 is 21.7 Å². The number of hydrogen-bond acceptors (Lipinski definition) is 6. The fraction of sp³-hybridized carbons (Fsp3) is 0.214. The van der Waals surface area contributed by atoms with Crippen LogP contribution in [0.3, 0.4) is 0 Å². The highest BCUT2D eigenvalue weighted by Crippen LogP contribution is 2.22. The molecule has 2 aromatic rings. The molecular weight excluding hydrogens is 270 g/mol. The number of primary amides is 1. The van der Waals surface area contributed by atoms with Gasteiger partial charge in [0.05, 0.1) is 0 Å². The molecule has 7 nitrogen and oxygen atoms in total. The number of carbonyl (C=O) groups excluding carboxylic acids is 1. The number of anilines is 1. The molecule has 0 fully saturated rings. The number of rotatable bonds is 6. The molecule has 1 aromatic carbocycles. The lowest BCUT2D eigenvalue weighted by Crippen LogP contribution is -2.11. The summed E-state index contributed by atoms with van der Waals surface area (Å²) in [5, 5.41) is 0. The summed E-state index contributed by atoms with van der Waals surface area (Å²) in [5.41, 5.74) is 8.09. The molecular formula is C14H17N5O2. The van der Waals surface area contributed by atoms with Crippen LogP contribution in [0, 0.1) is 0 Å². The highest BCUT2D eigenvalue weighted by Gasteiger charge is 2.07. The molecule has 0 aliphatic carbocycles. The summed E-state index contributed by atoms with van der Waals surface area (Å²) in [4.78, 5) is 19.5. The molecule has 5 N–H and O–H groups in total. The number of carbonyl (C=O) groups is 1. The lowest BCUT2D eigenvalue weighted by Gasteiger charge is -2.09. The number of benzene rings is 1. The van der Waals surface area contributed by atoms with E-state index in [9.17, 15) is 4.79 Å². The molecule has 2 rings (SSSR count). The summed E-state index contributed by atoms with van der Waals surface area (Å²) in [7, 11) is 0. The highest BCUT2D eigenvalue weighted by atomic mass is 16.5. The average Bonchev–Trinajstić information content (AvgIpc) is 2.48. The molecule has 0 saturated heterocycles. The highest BCUT2D eigenvalue weighted by molar-refractivity contribution is 5.92. The van der Waals surface area contributed by atoms with Crippen molar-refractivity contribution < 1.29 is 9.53 Å². The standard InChI is InChI=1S/C14H17N5O2/c1-2-3-11-17-12(19-16)8-13(18-11)21-10-6-4-9(5-7-10)14(15)20/h4-8H,2-3,16H2,1H3,(H2,15,20)(H,17,18,19). The third-order valence-corrected chi connectivity index (χ3v) is 2.73. The SMILES string of the molecule is CCCc1nc(NN)cc(Oc2ccc(C(N)=O)cc2)n1. The first-order valence-corrected chi connectivity index (χ1v) is 6.54. The van der Waals surface area contributed by atoms with Gasteiger partial charge in [-0.25, -0.2) is 10.8 Å². The van der Waals surface area contributed by atoms with Crippen LogP contribution in [0.5, 0.6) is 11.6 Å². The van der Waals surface area contributed by atoms with Gasteiger partial charge in [-0.05, 0) is 30.7 Å². The van der Waals surface area contributed by atoms with E-state index in [4.69, 9.17) is 16.3 Å². The Morgan fingerprint density at radius 1 is 1.29 bits per heavy atom. The second-order valence-corrected chi connectivity index (χ2v) is 4.39. The van der Waals surface area contributed by atoms with Gasteiger partial charge in [0.2, 0.25) is 11.8 Å². The molecule has 21 heavy (non-hydrogen) atoms. The molecule has 0 aliphatic heterocycles. The van der Waals surface area contributed by atoms with E-state index >= 15 is 0 Å². The van der Waals surface area contributed by atoms with Crippen LogP contribution in [0.1, 0.15) is 29.5 Å². The molecule has 1 heterocycles. The second-order valence-electron chi connectivity index (χ2n) is 4.39. The summed E-state index contributed by atoms with van der Waals surface area (Å²) in [6, 6.07) is 8.08. The van der Waals surface area contributed by atoms with Crippen LogP contribution in [-0.4, -0.2) is 15.9 Å². The molecule has 0 saturated carbocycles. The topological polar surface area (TPSA) is 116 Å². The number of nitrogens with two attached hydrogens (primary N) is 2. The number of aryl methyl sites for hydroxylation is 1. The predicted molar refractivity (Wildman–Crippen MR) is 78.9 cm³/mol. The van der Waals surface area contributed by atoms with Crippen LogP contribution >= 0.6 is 0 Å². The van der Waals surface area contributed by atoms with Gasteiger partial charge >= 0.3 is 0 Å². The van der Waals surface area contributed by atoms with Crippen LogP contribution in [0.25, 0.3) is 0 Å². The van der Waals surface area contributed by atoms with Crippen molar-refractivity contribution in [1.82, 2.24) is 9.97 Å². The molecule has 0 spiro atoms. The maximum Gasteiger partial charge on any atom is 0.248 e. The number of nitrogens with one attached hydrogen (secondary N) is 1. The Hall–Kier alpha value is -2.67. The number of ether oxygens (including phenoxy) is 1. The first-order valence-electron chi connectivity index (χ1n) is 6.54. The van der Waals surface area contributed by atoms with Gasteiger partial charge < -0.3 is 15.9 Å². The molecule has 0 radical (unpaired) electrons. The van der Waals surface area contributed by atoms with Gasteiger partial charge in [0, 0.05) is 18.1 Å². The van der Waals surface area contributed by atoms with Gasteiger partial charge in [-0.3, -0.25) is 4.79 Å². The van der Waals surface area contributed by atoms with E-state index in [0.29, 0.717) is 28.8 Å². The number of hydrogen-bond donors (Lipinski definition) is 3. The fourth-order valence-electron chi connectivity index (χ4n) is 1.74. The third kappa shape index (κ3) is 3.90. The minimum Gasteiger partial charge on any atom is -0.439 e. The number of hydrazine groups is 1. The molecule has 110 valence electrons. The first-order chi connectivity index (χ1) is 10.1. The Morgan fingerprint density at radius 2 is 2.00 bits per heavy atom. The Balaban J connectivity index is 2.21. The second kappa shape index (κ2) is 6.67. The van der Waals surface area contributed by atoms with Crippen LogP contribution in [0.15, 0.2) is 30.3 Å². The summed E-state index contributed by atoms with van der Waals surface area (Å²) in [6.45, 7) is 2.04. The van der Waals surface area contributed by atoms with E-state index in [-0.39, 0.29) is 0 Å². The summed E-state index contributed by atoms with van der Waals surface area (Å²) >= 11 is 0. The number of nitrogen functional groups attached to an aromatic ring is 1. The molecule has 0 bridgehead atoms. The number of amides is 1. The van der Waals surface area contributed by atoms with Gasteiger partial charge in [0.25, 0.3) is 0 Å². The smallest absolute Gasteiger partial charge is 0.248 e. The van der Waals surface area contributed by atoms with E-state index in [0.717, 1.165) is 12.8 Å². The first kappa shape index (κ1) is 14.7. The van der Waals surface area contributed by atoms with Gasteiger partial charge in [-0.2, -0.15) is 4.98 Å². The largest absolute Gasteiger partial charge is 0.439 e. The lowest BCUT2D eigenvalue weighted by atomic mass is 10.2. The monoisotopic (exact) mass is 287 g/mol. The van der Waals surface area contributed by atoms with Crippen molar-refractivity contribution in [2.75, 3.05) is 5.43 Å². The number of nitrogens with zero attached hydrogens (tertiary/aromatic N) is 2. The van der Waals surface area contributed by atoms with Crippen molar-refractivity contribution in [2.45, 2.75) is 19.8 Å². The minimum atomic E-state index is -0.483. The Kier molecular flexibility index (Phi) is 4.68. The van der Waals surface area contributed by atoms with Gasteiger partial charge in [0.15, 0.2) is 0 Å². The molecule has 1 amide bonds. The number of aromatic nitrogens is 2. The van der Waals surface area contributed by atoms with E-state index < -0.39 is 5.91 Å². The normalized spacial score (nSPS) is 10.2. The molecule has 1 aromatic heterocycles. The third-order valence-electron chi connectivity index (χ3n) is 2.73.